The zero-order valence-corrected chi connectivity index (χ0v) is 13.5. The molecule has 1 aliphatic carbocycles. The smallest absolute Gasteiger partial charge is 0.328 e. The molecule has 0 aromatic carbocycles. The van der Waals surface area contributed by atoms with Crippen LogP contribution in [-0.4, -0.2) is 37.4 Å². The summed E-state index contributed by atoms with van der Waals surface area (Å²) in [5.74, 6) is 0.517. The predicted molar refractivity (Wildman–Crippen MR) is 80.7 cm³/mol. The molecule has 3 unspecified atom stereocenters. The van der Waals surface area contributed by atoms with Gasteiger partial charge in [-0.2, -0.15) is 0 Å². The Bertz CT molecular complexity index is 295. The fraction of sp³-hybridized carbons (Fsp3) is 0.938. The maximum absolute atomic E-state index is 12.1. The number of esters is 1. The Morgan fingerprint density at radius 3 is 2.70 bits per heavy atom. The summed E-state index contributed by atoms with van der Waals surface area (Å²) in [5, 5.41) is 3.28. The average Bonchev–Trinajstić information content (AvgIpc) is 2.43. The first-order valence-electron chi connectivity index (χ1n) is 8.05. The zero-order valence-electron chi connectivity index (χ0n) is 13.5. The SMILES string of the molecule is CCCNC(C)(COC1CCCC(C)C1)C(=O)OCC. The van der Waals surface area contributed by atoms with E-state index < -0.39 is 5.54 Å². The third-order valence-electron chi connectivity index (χ3n) is 3.99. The molecular formula is C16H31NO3. The molecule has 1 aliphatic rings. The number of carbonyl (C=O) groups is 1. The van der Waals surface area contributed by atoms with E-state index in [4.69, 9.17) is 9.47 Å². The largest absolute Gasteiger partial charge is 0.465 e. The number of nitrogens with one attached hydrogen (secondary N) is 1. The van der Waals surface area contributed by atoms with E-state index in [-0.39, 0.29) is 12.1 Å². The minimum absolute atomic E-state index is 0.211. The monoisotopic (exact) mass is 285 g/mol. The molecule has 20 heavy (non-hydrogen) atoms. The first-order chi connectivity index (χ1) is 9.51. The Labute approximate surface area is 123 Å². The topological polar surface area (TPSA) is 47.6 Å². The van der Waals surface area contributed by atoms with Gasteiger partial charge in [0.05, 0.1) is 19.3 Å². The van der Waals surface area contributed by atoms with Crippen molar-refractivity contribution in [3.8, 4) is 0 Å². The van der Waals surface area contributed by atoms with Gasteiger partial charge in [0.2, 0.25) is 0 Å². The van der Waals surface area contributed by atoms with Crippen molar-refractivity contribution >= 4 is 5.97 Å². The molecule has 0 aliphatic heterocycles. The molecule has 1 saturated carbocycles. The molecule has 0 aromatic heterocycles. The second-order valence-electron chi connectivity index (χ2n) is 6.18. The lowest BCUT2D eigenvalue weighted by Crippen LogP contribution is -2.55. The molecule has 1 fully saturated rings. The molecule has 0 saturated heterocycles. The van der Waals surface area contributed by atoms with Gasteiger partial charge in [0.25, 0.3) is 0 Å². The second kappa shape index (κ2) is 8.63. The van der Waals surface area contributed by atoms with Gasteiger partial charge in [0.1, 0.15) is 5.54 Å². The third kappa shape index (κ3) is 5.41. The Kier molecular flexibility index (Phi) is 7.52. The van der Waals surface area contributed by atoms with Crippen molar-refractivity contribution in [2.45, 2.75) is 71.4 Å². The molecule has 0 spiro atoms. The lowest BCUT2D eigenvalue weighted by Gasteiger charge is -2.33. The summed E-state index contributed by atoms with van der Waals surface area (Å²) in [7, 11) is 0. The van der Waals surface area contributed by atoms with Crippen LogP contribution in [0.25, 0.3) is 0 Å². The molecular weight excluding hydrogens is 254 g/mol. The van der Waals surface area contributed by atoms with Crippen LogP contribution >= 0.6 is 0 Å². The van der Waals surface area contributed by atoms with E-state index in [0.717, 1.165) is 31.7 Å². The number of carbonyl (C=O) groups excluding carboxylic acids is 1. The summed E-state index contributed by atoms with van der Waals surface area (Å²) >= 11 is 0. The van der Waals surface area contributed by atoms with Crippen molar-refractivity contribution in [2.24, 2.45) is 5.92 Å². The Hall–Kier alpha value is -0.610. The van der Waals surface area contributed by atoms with E-state index in [1.807, 2.05) is 13.8 Å². The lowest BCUT2D eigenvalue weighted by molar-refractivity contribution is -0.154. The normalized spacial score (nSPS) is 26.0. The van der Waals surface area contributed by atoms with Gasteiger partial charge in [-0.3, -0.25) is 0 Å². The van der Waals surface area contributed by atoms with Gasteiger partial charge in [0, 0.05) is 0 Å². The summed E-state index contributed by atoms with van der Waals surface area (Å²) in [6, 6.07) is 0. The molecule has 0 amide bonds. The van der Waals surface area contributed by atoms with Crippen molar-refractivity contribution in [1.82, 2.24) is 5.32 Å². The molecule has 4 nitrogen and oxygen atoms in total. The van der Waals surface area contributed by atoms with Crippen molar-refractivity contribution in [1.29, 1.82) is 0 Å². The van der Waals surface area contributed by atoms with E-state index in [0.29, 0.717) is 13.2 Å². The standard InChI is InChI=1S/C16H31NO3/c1-5-10-17-16(4,15(18)19-6-2)12-20-14-9-7-8-13(3)11-14/h13-14,17H,5-12H2,1-4H3. The molecule has 1 N–H and O–H groups in total. The van der Waals surface area contributed by atoms with E-state index >= 15 is 0 Å². The predicted octanol–water partition coefficient (Wildman–Crippen LogP) is 2.90. The minimum Gasteiger partial charge on any atom is -0.465 e. The summed E-state index contributed by atoms with van der Waals surface area (Å²) in [6.07, 6.45) is 6.00. The maximum atomic E-state index is 12.1. The Morgan fingerprint density at radius 1 is 1.35 bits per heavy atom. The molecule has 0 bridgehead atoms. The van der Waals surface area contributed by atoms with Gasteiger partial charge in [-0.15, -0.1) is 0 Å². The van der Waals surface area contributed by atoms with Gasteiger partial charge < -0.3 is 14.8 Å². The van der Waals surface area contributed by atoms with Gasteiger partial charge in [-0.1, -0.05) is 26.7 Å². The van der Waals surface area contributed by atoms with Crippen LogP contribution in [0.5, 0.6) is 0 Å². The first-order valence-corrected chi connectivity index (χ1v) is 8.05. The van der Waals surface area contributed by atoms with E-state index in [1.54, 1.807) is 0 Å². The maximum Gasteiger partial charge on any atom is 0.328 e. The van der Waals surface area contributed by atoms with E-state index in [1.165, 1.54) is 12.8 Å². The summed E-state index contributed by atoms with van der Waals surface area (Å²) in [4.78, 5) is 12.1. The Balaban J connectivity index is 2.52. The highest BCUT2D eigenvalue weighted by Gasteiger charge is 2.35. The van der Waals surface area contributed by atoms with Gasteiger partial charge in [0.15, 0.2) is 0 Å². The third-order valence-corrected chi connectivity index (χ3v) is 3.99. The van der Waals surface area contributed by atoms with Gasteiger partial charge in [-0.05, 0) is 45.6 Å². The number of rotatable bonds is 8. The molecule has 0 radical (unpaired) electrons. The van der Waals surface area contributed by atoms with Crippen LogP contribution in [0.1, 0.15) is 59.8 Å². The number of hydrogen-bond donors (Lipinski definition) is 1. The first kappa shape index (κ1) is 17.4. The number of ether oxygens (including phenoxy) is 2. The van der Waals surface area contributed by atoms with Crippen LogP contribution in [0.2, 0.25) is 0 Å². The molecule has 3 atom stereocenters. The van der Waals surface area contributed by atoms with Gasteiger partial charge in [-0.25, -0.2) is 4.79 Å². The summed E-state index contributed by atoms with van der Waals surface area (Å²) in [5.41, 5.74) is -0.729. The molecule has 118 valence electrons. The second-order valence-corrected chi connectivity index (χ2v) is 6.18. The highest BCUT2D eigenvalue weighted by Crippen LogP contribution is 2.26. The van der Waals surface area contributed by atoms with Crippen molar-refractivity contribution < 1.29 is 14.3 Å². The van der Waals surface area contributed by atoms with Crippen molar-refractivity contribution in [3.63, 3.8) is 0 Å². The fourth-order valence-corrected chi connectivity index (χ4v) is 2.69. The Morgan fingerprint density at radius 2 is 2.10 bits per heavy atom. The van der Waals surface area contributed by atoms with Crippen molar-refractivity contribution in [3.05, 3.63) is 0 Å². The summed E-state index contributed by atoms with van der Waals surface area (Å²) in [6.45, 7) is 9.66. The average molecular weight is 285 g/mol. The minimum atomic E-state index is -0.729. The quantitative estimate of drug-likeness (QED) is 0.697. The van der Waals surface area contributed by atoms with Crippen LogP contribution in [0.4, 0.5) is 0 Å². The van der Waals surface area contributed by atoms with Gasteiger partial charge >= 0.3 is 5.97 Å². The zero-order chi connectivity index (χ0) is 15.0. The molecule has 0 heterocycles. The highest BCUT2D eigenvalue weighted by molar-refractivity contribution is 5.80. The summed E-state index contributed by atoms with van der Waals surface area (Å²) < 4.78 is 11.2. The molecule has 4 heteroatoms. The van der Waals surface area contributed by atoms with Crippen LogP contribution in [-0.2, 0) is 14.3 Å². The molecule has 1 rings (SSSR count). The highest BCUT2D eigenvalue weighted by atomic mass is 16.5. The lowest BCUT2D eigenvalue weighted by atomic mass is 9.88. The van der Waals surface area contributed by atoms with E-state index in [2.05, 4.69) is 19.2 Å². The molecule has 0 aromatic rings. The van der Waals surface area contributed by atoms with Crippen LogP contribution in [0.3, 0.4) is 0 Å². The van der Waals surface area contributed by atoms with E-state index in [9.17, 15) is 4.79 Å². The van der Waals surface area contributed by atoms with Crippen LogP contribution in [0.15, 0.2) is 0 Å². The van der Waals surface area contributed by atoms with Crippen molar-refractivity contribution in [2.75, 3.05) is 19.8 Å². The van der Waals surface area contributed by atoms with Crippen LogP contribution < -0.4 is 5.32 Å². The number of hydrogen-bond acceptors (Lipinski definition) is 4. The fourth-order valence-electron chi connectivity index (χ4n) is 2.69. The van der Waals surface area contributed by atoms with Crippen LogP contribution in [0, 0.1) is 5.92 Å².